The molecule has 1 aromatic rings. The van der Waals surface area contributed by atoms with E-state index >= 15 is 0 Å². The Labute approximate surface area is 190 Å². The summed E-state index contributed by atoms with van der Waals surface area (Å²) >= 11 is 0. The Bertz CT molecular complexity index is 765. The molecule has 0 bridgehead atoms. The van der Waals surface area contributed by atoms with Crippen molar-refractivity contribution in [3.05, 3.63) is 61.7 Å². The molecule has 6 atom stereocenters. The summed E-state index contributed by atoms with van der Waals surface area (Å²) in [4.78, 5) is 0. The lowest BCUT2D eigenvalue weighted by atomic mass is 9.81. The van der Waals surface area contributed by atoms with Gasteiger partial charge in [-0.15, -0.1) is 19.7 Å². The zero-order valence-electron chi connectivity index (χ0n) is 18.9. The van der Waals surface area contributed by atoms with Crippen molar-refractivity contribution in [2.75, 3.05) is 40.1 Å². The van der Waals surface area contributed by atoms with E-state index in [4.69, 9.17) is 33.2 Å². The van der Waals surface area contributed by atoms with Gasteiger partial charge in [-0.25, -0.2) is 0 Å². The molecular formula is C25H34O7. The van der Waals surface area contributed by atoms with E-state index in [2.05, 4.69) is 19.7 Å². The van der Waals surface area contributed by atoms with E-state index in [0.29, 0.717) is 44.5 Å². The molecule has 0 aliphatic carbocycles. The minimum Gasteiger partial charge on any atom is -0.490 e. The molecule has 1 aromatic carbocycles. The van der Waals surface area contributed by atoms with E-state index in [1.54, 1.807) is 25.3 Å². The summed E-state index contributed by atoms with van der Waals surface area (Å²) in [7, 11) is 1.67. The van der Waals surface area contributed by atoms with Gasteiger partial charge in [-0.3, -0.25) is 0 Å². The van der Waals surface area contributed by atoms with Gasteiger partial charge in [0.1, 0.15) is 12.2 Å². The van der Waals surface area contributed by atoms with E-state index < -0.39 is 24.6 Å². The second-order valence-electron chi connectivity index (χ2n) is 7.50. The Morgan fingerprint density at radius 2 is 1.72 bits per heavy atom. The highest BCUT2D eigenvalue weighted by molar-refractivity contribution is 5.49. The normalized spacial score (nSPS) is 28.7. The summed E-state index contributed by atoms with van der Waals surface area (Å²) in [5, 5.41) is 0. The van der Waals surface area contributed by atoms with Crippen molar-refractivity contribution < 1.29 is 33.2 Å². The van der Waals surface area contributed by atoms with Gasteiger partial charge >= 0.3 is 0 Å². The SMILES string of the molecule is C=CCOC[C@H]1O[C@H]2Oc3c(OCC)cccc3[C@H](OC)[C@H]2[C@@H](OCC=C)[C@@H]1OCC=C. The maximum atomic E-state index is 6.40. The van der Waals surface area contributed by atoms with Crippen LogP contribution in [0.25, 0.3) is 0 Å². The van der Waals surface area contributed by atoms with Gasteiger partial charge in [-0.1, -0.05) is 30.4 Å². The topological polar surface area (TPSA) is 64.6 Å². The fourth-order valence-electron chi connectivity index (χ4n) is 4.28. The molecule has 2 aliphatic heterocycles. The van der Waals surface area contributed by atoms with Crippen molar-refractivity contribution in [1.29, 1.82) is 0 Å². The second kappa shape index (κ2) is 12.2. The third-order valence-electron chi connectivity index (χ3n) is 5.48. The fourth-order valence-corrected chi connectivity index (χ4v) is 4.28. The van der Waals surface area contributed by atoms with Gasteiger partial charge in [-0.05, 0) is 13.0 Å². The molecule has 176 valence electrons. The molecule has 0 saturated carbocycles. The Morgan fingerprint density at radius 1 is 1.00 bits per heavy atom. The average molecular weight is 447 g/mol. The van der Waals surface area contributed by atoms with Crippen molar-refractivity contribution in [2.24, 2.45) is 5.92 Å². The zero-order valence-corrected chi connectivity index (χ0v) is 18.9. The third kappa shape index (κ3) is 5.24. The van der Waals surface area contributed by atoms with Crippen LogP contribution in [0, 0.1) is 5.92 Å². The summed E-state index contributed by atoms with van der Waals surface area (Å²) in [6.45, 7) is 15.1. The lowest BCUT2D eigenvalue weighted by Gasteiger charge is -2.50. The number of ether oxygens (including phenoxy) is 7. The van der Waals surface area contributed by atoms with Crippen molar-refractivity contribution in [3.63, 3.8) is 0 Å². The van der Waals surface area contributed by atoms with Gasteiger partial charge in [0.15, 0.2) is 11.5 Å². The summed E-state index contributed by atoms with van der Waals surface area (Å²) in [5.41, 5.74) is 0.888. The van der Waals surface area contributed by atoms with Gasteiger partial charge in [0.25, 0.3) is 0 Å². The predicted octanol–water partition coefficient (Wildman–Crippen LogP) is 3.85. The minimum atomic E-state index is -0.634. The van der Waals surface area contributed by atoms with Gasteiger partial charge in [-0.2, -0.15) is 0 Å². The minimum absolute atomic E-state index is 0.283. The highest BCUT2D eigenvalue weighted by atomic mass is 16.7. The lowest BCUT2D eigenvalue weighted by Crippen LogP contribution is -2.61. The molecule has 0 radical (unpaired) electrons. The first-order valence-electron chi connectivity index (χ1n) is 10.9. The number of para-hydroxylation sites is 1. The van der Waals surface area contributed by atoms with Crippen LogP contribution in [0.1, 0.15) is 18.6 Å². The number of benzene rings is 1. The number of hydrogen-bond acceptors (Lipinski definition) is 7. The predicted molar refractivity (Wildman–Crippen MR) is 121 cm³/mol. The zero-order chi connectivity index (χ0) is 22.9. The van der Waals surface area contributed by atoms with E-state index in [1.165, 1.54) is 0 Å². The molecule has 1 fully saturated rings. The Kier molecular flexibility index (Phi) is 9.32. The molecular weight excluding hydrogens is 412 g/mol. The van der Waals surface area contributed by atoms with Crippen LogP contribution in [0.3, 0.4) is 0 Å². The van der Waals surface area contributed by atoms with Crippen molar-refractivity contribution in [2.45, 2.75) is 37.6 Å². The number of hydrogen-bond donors (Lipinski definition) is 0. The first kappa shape index (κ1) is 24.5. The molecule has 0 amide bonds. The van der Waals surface area contributed by atoms with Crippen molar-refractivity contribution in [3.8, 4) is 11.5 Å². The third-order valence-corrected chi connectivity index (χ3v) is 5.48. The highest BCUT2D eigenvalue weighted by Gasteiger charge is 2.55. The molecule has 3 rings (SSSR count). The van der Waals surface area contributed by atoms with Gasteiger partial charge in [0, 0.05) is 12.7 Å². The van der Waals surface area contributed by atoms with Crippen LogP contribution in [0.5, 0.6) is 11.5 Å². The van der Waals surface area contributed by atoms with E-state index in [1.807, 2.05) is 25.1 Å². The van der Waals surface area contributed by atoms with E-state index in [0.717, 1.165) is 5.56 Å². The maximum absolute atomic E-state index is 6.40. The highest BCUT2D eigenvalue weighted by Crippen LogP contribution is 2.50. The fraction of sp³-hybridized carbons (Fsp3) is 0.520. The van der Waals surface area contributed by atoms with Crippen molar-refractivity contribution >= 4 is 0 Å². The smallest absolute Gasteiger partial charge is 0.208 e. The number of fused-ring (bicyclic) bond motifs is 2. The van der Waals surface area contributed by atoms with Gasteiger partial charge in [0.05, 0.1) is 51.2 Å². The Balaban J connectivity index is 2.00. The van der Waals surface area contributed by atoms with Crippen LogP contribution in [0.2, 0.25) is 0 Å². The quantitative estimate of drug-likeness (QED) is 0.337. The number of methoxy groups -OCH3 is 1. The summed E-state index contributed by atoms with van der Waals surface area (Å²) < 4.78 is 42.6. The molecule has 7 heteroatoms. The van der Waals surface area contributed by atoms with Crippen LogP contribution in [-0.4, -0.2) is 64.7 Å². The first-order chi connectivity index (χ1) is 15.7. The summed E-state index contributed by atoms with van der Waals surface area (Å²) in [6.07, 6.45) is 2.89. The first-order valence-corrected chi connectivity index (χ1v) is 10.9. The molecule has 0 unspecified atom stereocenters. The Morgan fingerprint density at radius 3 is 2.38 bits per heavy atom. The van der Waals surface area contributed by atoms with E-state index in [9.17, 15) is 0 Å². The second-order valence-corrected chi connectivity index (χ2v) is 7.50. The molecule has 0 aromatic heterocycles. The molecule has 0 spiro atoms. The van der Waals surface area contributed by atoms with Crippen LogP contribution in [0.15, 0.2) is 56.2 Å². The number of rotatable bonds is 13. The van der Waals surface area contributed by atoms with E-state index in [-0.39, 0.29) is 12.0 Å². The molecule has 2 heterocycles. The monoisotopic (exact) mass is 446 g/mol. The lowest BCUT2D eigenvalue weighted by molar-refractivity contribution is -0.300. The van der Waals surface area contributed by atoms with Crippen LogP contribution >= 0.6 is 0 Å². The largest absolute Gasteiger partial charge is 0.490 e. The van der Waals surface area contributed by atoms with Gasteiger partial charge in [0.2, 0.25) is 6.29 Å². The van der Waals surface area contributed by atoms with Crippen LogP contribution in [-0.2, 0) is 23.7 Å². The van der Waals surface area contributed by atoms with Crippen molar-refractivity contribution in [1.82, 2.24) is 0 Å². The maximum Gasteiger partial charge on any atom is 0.208 e. The molecule has 7 nitrogen and oxygen atoms in total. The molecule has 2 aliphatic rings. The molecule has 0 N–H and O–H groups in total. The summed E-state index contributed by atoms with van der Waals surface area (Å²) in [5.74, 6) is 0.998. The summed E-state index contributed by atoms with van der Waals surface area (Å²) in [6, 6.07) is 5.79. The Hall–Kier alpha value is -2.16. The standard InChI is InChI=1S/C25H34O7/c1-6-13-27-16-19-23(29-14-7-2)24(30-15-8-3)20-22(26-5)17-11-10-12-18(28-9-4)21(17)32-25(20)31-19/h6-8,10-12,19-20,22-25H,1-3,9,13-16H2,4-5H3/t19-,20+,22+,23-,24-,25+/m1/s1. The van der Waals surface area contributed by atoms with Crippen LogP contribution in [0.4, 0.5) is 0 Å². The van der Waals surface area contributed by atoms with Gasteiger partial charge < -0.3 is 33.2 Å². The average Bonchev–Trinajstić information content (AvgIpc) is 2.81. The van der Waals surface area contributed by atoms with Crippen LogP contribution < -0.4 is 9.47 Å². The molecule has 1 saturated heterocycles. The molecule has 32 heavy (non-hydrogen) atoms.